The average molecular weight is 404 g/mol. The van der Waals surface area contributed by atoms with Crippen molar-refractivity contribution in [2.45, 2.75) is 11.1 Å². The Morgan fingerprint density at radius 2 is 1.85 bits per heavy atom. The molecule has 2 aromatic carbocycles. The van der Waals surface area contributed by atoms with E-state index >= 15 is 0 Å². The Kier molecular flexibility index (Phi) is 4.42. The fourth-order valence-corrected chi connectivity index (χ4v) is 3.43. The van der Waals surface area contributed by atoms with Gasteiger partial charge >= 0.3 is 6.18 Å². The van der Waals surface area contributed by atoms with Gasteiger partial charge in [-0.15, -0.1) is 0 Å². The second-order valence-corrected chi connectivity index (χ2v) is 7.55. The summed E-state index contributed by atoms with van der Waals surface area (Å²) in [6, 6.07) is 6.76. The molecule has 3 aromatic rings. The maximum Gasteiger partial charge on any atom is 0.418 e. The lowest BCUT2D eigenvalue weighted by molar-refractivity contribution is -0.137. The van der Waals surface area contributed by atoms with Gasteiger partial charge < -0.3 is 5.11 Å². The maximum atomic E-state index is 13.1. The van der Waals surface area contributed by atoms with E-state index < -0.39 is 27.5 Å². The summed E-state index contributed by atoms with van der Waals surface area (Å²) in [6.07, 6.45) is -4.68. The van der Waals surface area contributed by atoms with Gasteiger partial charge in [0.1, 0.15) is 10.8 Å². The number of phenols is 1. The third kappa shape index (κ3) is 3.66. The lowest BCUT2D eigenvalue weighted by Crippen LogP contribution is -2.14. The van der Waals surface area contributed by atoms with E-state index in [9.17, 15) is 26.7 Å². The molecule has 26 heavy (non-hydrogen) atoms. The van der Waals surface area contributed by atoms with Crippen LogP contribution in [0.15, 0.2) is 41.3 Å². The minimum absolute atomic E-state index is 0.145. The van der Waals surface area contributed by atoms with Gasteiger partial charge in [0.25, 0.3) is 0 Å². The molecule has 0 saturated heterocycles. The zero-order valence-electron chi connectivity index (χ0n) is 12.7. The number of primary sulfonamides is 1. The third-order valence-corrected chi connectivity index (χ3v) is 5.10. The molecule has 1 aromatic heterocycles. The number of nitrogens with zero attached hydrogens (tertiary/aromatic N) is 1. The SMILES string of the molecule is NS(=O)(=O)c1ccc2nsc(NNc3ccc(O)cc3C(F)(F)F)c2c1. The molecule has 0 radical (unpaired) electrons. The molecule has 12 heteroatoms. The van der Waals surface area contributed by atoms with Crippen LogP contribution >= 0.6 is 11.5 Å². The van der Waals surface area contributed by atoms with Crippen molar-refractivity contribution in [3.63, 3.8) is 0 Å². The van der Waals surface area contributed by atoms with Crippen molar-refractivity contribution in [1.82, 2.24) is 4.37 Å². The molecule has 0 spiro atoms. The van der Waals surface area contributed by atoms with E-state index in [1.165, 1.54) is 18.2 Å². The molecule has 3 rings (SSSR count). The summed E-state index contributed by atoms with van der Waals surface area (Å²) in [5.41, 5.74) is 4.06. The predicted molar refractivity (Wildman–Crippen MR) is 91.3 cm³/mol. The van der Waals surface area contributed by atoms with Crippen LogP contribution in [-0.2, 0) is 16.2 Å². The summed E-state index contributed by atoms with van der Waals surface area (Å²) < 4.78 is 66.2. The minimum atomic E-state index is -4.68. The number of fused-ring (bicyclic) bond motifs is 1. The molecule has 0 aliphatic rings. The first kappa shape index (κ1) is 18.2. The molecule has 0 aliphatic heterocycles. The number of anilines is 2. The van der Waals surface area contributed by atoms with Gasteiger partial charge in [-0.25, -0.2) is 13.6 Å². The van der Waals surface area contributed by atoms with Gasteiger partial charge in [0.05, 0.1) is 21.7 Å². The van der Waals surface area contributed by atoms with Gasteiger partial charge in [-0.3, -0.25) is 10.9 Å². The highest BCUT2D eigenvalue weighted by Gasteiger charge is 2.34. The fourth-order valence-electron chi connectivity index (χ4n) is 2.19. The van der Waals surface area contributed by atoms with E-state index in [1.54, 1.807) is 0 Å². The average Bonchev–Trinajstić information content (AvgIpc) is 2.94. The van der Waals surface area contributed by atoms with E-state index in [1.807, 2.05) is 0 Å². The Morgan fingerprint density at radius 3 is 2.50 bits per heavy atom. The van der Waals surface area contributed by atoms with E-state index in [-0.39, 0.29) is 10.6 Å². The third-order valence-electron chi connectivity index (χ3n) is 3.40. The number of sulfonamides is 1. The number of hydrazine groups is 1. The number of hydrogen-bond acceptors (Lipinski definition) is 7. The van der Waals surface area contributed by atoms with Gasteiger partial charge in [-0.05, 0) is 47.9 Å². The number of phenolic OH excluding ortho intramolecular Hbond substituents is 1. The number of nitrogens with two attached hydrogens (primary N) is 1. The lowest BCUT2D eigenvalue weighted by atomic mass is 10.1. The first-order chi connectivity index (χ1) is 12.1. The summed E-state index contributed by atoms with van der Waals surface area (Å²) >= 11 is 0.928. The molecular weight excluding hydrogens is 393 g/mol. The van der Waals surface area contributed by atoms with Crippen LogP contribution in [0.4, 0.5) is 23.9 Å². The highest BCUT2D eigenvalue weighted by atomic mass is 32.2. The second-order valence-electron chi connectivity index (χ2n) is 5.21. The highest BCUT2D eigenvalue weighted by Crippen LogP contribution is 2.37. The Hall–Kier alpha value is -2.57. The number of hydrogen-bond donors (Lipinski definition) is 4. The summed E-state index contributed by atoms with van der Waals surface area (Å²) in [5, 5.41) is 15.0. The smallest absolute Gasteiger partial charge is 0.418 e. The van der Waals surface area contributed by atoms with Gasteiger partial charge in [-0.1, -0.05) is 0 Å². The number of halogens is 3. The zero-order chi connectivity index (χ0) is 19.1. The number of benzene rings is 2. The van der Waals surface area contributed by atoms with Crippen LogP contribution in [0.1, 0.15) is 5.56 Å². The number of rotatable bonds is 4. The summed E-state index contributed by atoms with van der Waals surface area (Å²) in [7, 11) is -3.93. The Bertz CT molecular complexity index is 1080. The van der Waals surface area contributed by atoms with Crippen molar-refractivity contribution in [1.29, 1.82) is 0 Å². The Labute approximate surface area is 149 Å². The maximum absolute atomic E-state index is 13.1. The van der Waals surface area contributed by atoms with Crippen molar-refractivity contribution >= 4 is 43.1 Å². The molecule has 5 N–H and O–H groups in total. The highest BCUT2D eigenvalue weighted by molar-refractivity contribution is 7.89. The van der Waals surface area contributed by atoms with Crippen LogP contribution in [-0.4, -0.2) is 17.9 Å². The number of nitrogens with one attached hydrogen (secondary N) is 2. The Balaban J connectivity index is 1.94. The van der Waals surface area contributed by atoms with Crippen LogP contribution in [0, 0.1) is 0 Å². The molecule has 0 aliphatic carbocycles. The normalized spacial score (nSPS) is 12.3. The van der Waals surface area contributed by atoms with Crippen LogP contribution in [0.25, 0.3) is 10.9 Å². The first-order valence-electron chi connectivity index (χ1n) is 6.90. The van der Waals surface area contributed by atoms with Crippen LogP contribution in [0.3, 0.4) is 0 Å². The number of aromatic hydroxyl groups is 1. The van der Waals surface area contributed by atoms with E-state index in [0.717, 1.165) is 23.7 Å². The van der Waals surface area contributed by atoms with E-state index in [2.05, 4.69) is 15.2 Å². The molecular formula is C14H11F3N4O3S2. The van der Waals surface area contributed by atoms with Gasteiger partial charge in [-0.2, -0.15) is 17.5 Å². The molecule has 0 fully saturated rings. The van der Waals surface area contributed by atoms with Gasteiger partial charge in [0, 0.05) is 5.39 Å². The molecule has 138 valence electrons. The summed E-state index contributed by atoms with van der Waals surface area (Å²) in [4.78, 5) is -0.145. The lowest BCUT2D eigenvalue weighted by Gasteiger charge is -2.15. The first-order valence-corrected chi connectivity index (χ1v) is 9.22. The molecule has 0 bridgehead atoms. The number of aromatic nitrogens is 1. The predicted octanol–water partition coefficient (Wildman–Crippen LogP) is 3.11. The van der Waals surface area contributed by atoms with Crippen LogP contribution < -0.4 is 16.0 Å². The van der Waals surface area contributed by atoms with Gasteiger partial charge in [0.15, 0.2) is 0 Å². The van der Waals surface area contributed by atoms with Crippen molar-refractivity contribution in [3.8, 4) is 5.75 Å². The summed E-state index contributed by atoms with van der Waals surface area (Å²) in [5.74, 6) is -0.524. The van der Waals surface area contributed by atoms with Crippen molar-refractivity contribution in [3.05, 3.63) is 42.0 Å². The topological polar surface area (TPSA) is 117 Å². The number of alkyl halides is 3. The fraction of sp³-hybridized carbons (Fsp3) is 0.0714. The minimum Gasteiger partial charge on any atom is -0.508 e. The molecule has 0 amide bonds. The standard InChI is InChI=1S/C14H11F3N4O3S2/c15-14(16,17)10-5-7(22)1-3-12(10)19-20-13-9-6-8(26(18,23)24)2-4-11(9)21-25-13/h1-6,19-20,22H,(H2,18,23,24). The monoisotopic (exact) mass is 404 g/mol. The van der Waals surface area contributed by atoms with Crippen LogP contribution in [0.2, 0.25) is 0 Å². The van der Waals surface area contributed by atoms with Crippen molar-refractivity contribution < 1.29 is 26.7 Å². The molecule has 7 nitrogen and oxygen atoms in total. The quantitative estimate of drug-likeness (QED) is 0.392. The molecule has 1 heterocycles. The van der Waals surface area contributed by atoms with Gasteiger partial charge in [0.2, 0.25) is 10.0 Å². The Morgan fingerprint density at radius 1 is 1.12 bits per heavy atom. The zero-order valence-corrected chi connectivity index (χ0v) is 14.3. The molecule has 0 saturated carbocycles. The van der Waals surface area contributed by atoms with Crippen LogP contribution in [0.5, 0.6) is 5.75 Å². The largest absolute Gasteiger partial charge is 0.508 e. The summed E-state index contributed by atoms with van der Waals surface area (Å²) in [6.45, 7) is 0. The van der Waals surface area contributed by atoms with Crippen molar-refractivity contribution in [2.24, 2.45) is 5.14 Å². The van der Waals surface area contributed by atoms with E-state index in [0.29, 0.717) is 22.0 Å². The van der Waals surface area contributed by atoms with Crippen molar-refractivity contribution in [2.75, 3.05) is 10.9 Å². The van der Waals surface area contributed by atoms with E-state index in [4.69, 9.17) is 5.14 Å². The molecule has 0 atom stereocenters. The molecule has 0 unspecified atom stereocenters. The second kappa shape index (κ2) is 6.30.